The first-order valence-electron chi connectivity index (χ1n) is 6.75. The van der Waals surface area contributed by atoms with E-state index >= 15 is 0 Å². The highest BCUT2D eigenvalue weighted by atomic mass is 16.5. The van der Waals surface area contributed by atoms with E-state index in [1.54, 1.807) is 7.11 Å². The van der Waals surface area contributed by atoms with Crippen molar-refractivity contribution >= 4 is 0 Å². The summed E-state index contributed by atoms with van der Waals surface area (Å²) in [5.74, 6) is 6.60. The molecule has 0 heterocycles. The minimum atomic E-state index is -0.384. The van der Waals surface area contributed by atoms with Crippen LogP contribution < -0.4 is 16.0 Å². The summed E-state index contributed by atoms with van der Waals surface area (Å²) in [7, 11) is 1.71. The van der Waals surface area contributed by atoms with E-state index in [2.05, 4.69) is 12.3 Å². The Labute approximate surface area is 116 Å². The smallest absolute Gasteiger partial charge is 0.124 e. The SMILES string of the molecule is CCC(C)(OC)C(NN)c1ccccc1OC(C)C. The minimum Gasteiger partial charge on any atom is -0.491 e. The van der Waals surface area contributed by atoms with Gasteiger partial charge in [0.05, 0.1) is 17.7 Å². The number of rotatable bonds is 7. The molecular formula is C15H26N2O2. The number of benzene rings is 1. The monoisotopic (exact) mass is 266 g/mol. The first-order chi connectivity index (χ1) is 8.98. The molecule has 1 rings (SSSR count). The van der Waals surface area contributed by atoms with Crippen LogP contribution in [0.3, 0.4) is 0 Å². The lowest BCUT2D eigenvalue weighted by atomic mass is 9.87. The Bertz CT molecular complexity index is 389. The third-order valence-electron chi connectivity index (χ3n) is 3.54. The van der Waals surface area contributed by atoms with Crippen LogP contribution >= 0.6 is 0 Å². The molecule has 0 bridgehead atoms. The Balaban J connectivity index is 3.17. The fourth-order valence-electron chi connectivity index (χ4n) is 2.14. The van der Waals surface area contributed by atoms with Gasteiger partial charge in [-0.3, -0.25) is 5.84 Å². The van der Waals surface area contributed by atoms with E-state index in [0.717, 1.165) is 17.7 Å². The second-order valence-corrected chi connectivity index (χ2v) is 5.17. The van der Waals surface area contributed by atoms with Crippen molar-refractivity contribution in [3.05, 3.63) is 29.8 Å². The van der Waals surface area contributed by atoms with Crippen LogP contribution in [-0.4, -0.2) is 18.8 Å². The van der Waals surface area contributed by atoms with Crippen molar-refractivity contribution in [3.63, 3.8) is 0 Å². The van der Waals surface area contributed by atoms with Gasteiger partial charge in [-0.1, -0.05) is 25.1 Å². The largest absolute Gasteiger partial charge is 0.491 e. The first-order valence-corrected chi connectivity index (χ1v) is 6.75. The Morgan fingerprint density at radius 1 is 1.32 bits per heavy atom. The molecule has 4 nitrogen and oxygen atoms in total. The van der Waals surface area contributed by atoms with E-state index in [9.17, 15) is 0 Å². The molecule has 0 amide bonds. The van der Waals surface area contributed by atoms with Crippen LogP contribution in [0, 0.1) is 0 Å². The topological polar surface area (TPSA) is 56.5 Å². The van der Waals surface area contributed by atoms with E-state index in [1.165, 1.54) is 0 Å². The highest BCUT2D eigenvalue weighted by Crippen LogP contribution is 2.36. The third kappa shape index (κ3) is 3.69. The quantitative estimate of drug-likeness (QED) is 0.588. The van der Waals surface area contributed by atoms with Crippen molar-refractivity contribution < 1.29 is 9.47 Å². The number of hydrogen-bond donors (Lipinski definition) is 2. The molecule has 108 valence electrons. The standard InChI is InChI=1S/C15H26N2O2/c1-6-15(4,18-5)14(17-16)12-9-7-8-10-13(12)19-11(2)3/h7-11,14,17H,6,16H2,1-5H3. The van der Waals surface area contributed by atoms with Crippen LogP contribution in [-0.2, 0) is 4.74 Å². The number of para-hydroxylation sites is 1. The number of ether oxygens (including phenoxy) is 2. The van der Waals surface area contributed by atoms with Crippen molar-refractivity contribution in [2.45, 2.75) is 51.9 Å². The highest BCUT2D eigenvalue weighted by molar-refractivity contribution is 5.37. The molecule has 0 spiro atoms. The normalized spacial score (nSPS) is 16.2. The predicted molar refractivity (Wildman–Crippen MR) is 78.0 cm³/mol. The minimum absolute atomic E-state index is 0.120. The molecule has 1 aromatic rings. The Morgan fingerprint density at radius 2 is 1.95 bits per heavy atom. The Hall–Kier alpha value is -1.10. The maximum absolute atomic E-state index is 5.86. The van der Waals surface area contributed by atoms with E-state index in [-0.39, 0.29) is 17.7 Å². The average molecular weight is 266 g/mol. The lowest BCUT2D eigenvalue weighted by Crippen LogP contribution is -2.45. The molecule has 0 aliphatic carbocycles. The number of hydrazine groups is 1. The van der Waals surface area contributed by atoms with Crippen molar-refractivity contribution in [2.24, 2.45) is 5.84 Å². The van der Waals surface area contributed by atoms with E-state index in [1.807, 2.05) is 45.0 Å². The molecule has 0 aliphatic rings. The fraction of sp³-hybridized carbons (Fsp3) is 0.600. The second-order valence-electron chi connectivity index (χ2n) is 5.17. The maximum Gasteiger partial charge on any atom is 0.124 e. The van der Waals surface area contributed by atoms with Crippen LogP contribution in [0.2, 0.25) is 0 Å². The van der Waals surface area contributed by atoms with E-state index in [0.29, 0.717) is 0 Å². The summed E-state index contributed by atoms with van der Waals surface area (Å²) in [6, 6.07) is 7.81. The summed E-state index contributed by atoms with van der Waals surface area (Å²) >= 11 is 0. The predicted octanol–water partition coefficient (Wildman–Crippen LogP) is 2.79. The Kier molecular flexibility index (Phi) is 5.79. The van der Waals surface area contributed by atoms with Crippen molar-refractivity contribution in [2.75, 3.05) is 7.11 Å². The van der Waals surface area contributed by atoms with Crippen LogP contribution in [0.15, 0.2) is 24.3 Å². The van der Waals surface area contributed by atoms with Crippen LogP contribution in [0.4, 0.5) is 0 Å². The van der Waals surface area contributed by atoms with Gasteiger partial charge in [0.1, 0.15) is 5.75 Å². The summed E-state index contributed by atoms with van der Waals surface area (Å²) in [6.07, 6.45) is 0.962. The molecule has 3 N–H and O–H groups in total. The van der Waals surface area contributed by atoms with Crippen molar-refractivity contribution in [1.82, 2.24) is 5.43 Å². The first kappa shape index (κ1) is 16.0. The van der Waals surface area contributed by atoms with Crippen LogP contribution in [0.1, 0.15) is 45.7 Å². The van der Waals surface area contributed by atoms with Gasteiger partial charge in [-0.2, -0.15) is 0 Å². The van der Waals surface area contributed by atoms with Gasteiger partial charge in [0.15, 0.2) is 0 Å². The molecular weight excluding hydrogens is 240 g/mol. The average Bonchev–Trinajstić information content (AvgIpc) is 2.40. The summed E-state index contributed by atoms with van der Waals surface area (Å²) in [4.78, 5) is 0. The zero-order valence-electron chi connectivity index (χ0n) is 12.6. The molecule has 1 aromatic carbocycles. The number of nitrogens with two attached hydrogens (primary N) is 1. The summed E-state index contributed by atoms with van der Waals surface area (Å²) in [5, 5.41) is 0. The fourth-order valence-corrected chi connectivity index (χ4v) is 2.14. The zero-order chi connectivity index (χ0) is 14.5. The molecule has 0 saturated heterocycles. The lowest BCUT2D eigenvalue weighted by Gasteiger charge is -2.36. The number of nitrogens with one attached hydrogen (secondary N) is 1. The summed E-state index contributed by atoms with van der Waals surface area (Å²) in [6.45, 7) is 8.15. The summed E-state index contributed by atoms with van der Waals surface area (Å²) in [5.41, 5.74) is 3.50. The van der Waals surface area contributed by atoms with Crippen molar-refractivity contribution in [3.8, 4) is 5.75 Å². The van der Waals surface area contributed by atoms with Gasteiger partial charge < -0.3 is 9.47 Å². The van der Waals surface area contributed by atoms with Gasteiger partial charge in [-0.15, -0.1) is 0 Å². The molecule has 4 heteroatoms. The second kappa shape index (κ2) is 6.89. The molecule has 0 aliphatic heterocycles. The van der Waals surface area contributed by atoms with Gasteiger partial charge in [0.2, 0.25) is 0 Å². The Morgan fingerprint density at radius 3 is 2.42 bits per heavy atom. The molecule has 0 saturated carbocycles. The molecule has 0 fully saturated rings. The van der Waals surface area contributed by atoms with E-state index < -0.39 is 0 Å². The van der Waals surface area contributed by atoms with Gasteiger partial charge in [0.25, 0.3) is 0 Å². The lowest BCUT2D eigenvalue weighted by molar-refractivity contribution is -0.0308. The van der Waals surface area contributed by atoms with E-state index in [4.69, 9.17) is 15.3 Å². The van der Waals surface area contributed by atoms with Gasteiger partial charge in [-0.05, 0) is 33.3 Å². The molecule has 2 unspecified atom stereocenters. The molecule has 19 heavy (non-hydrogen) atoms. The van der Waals surface area contributed by atoms with Crippen molar-refractivity contribution in [1.29, 1.82) is 0 Å². The molecule has 0 aromatic heterocycles. The van der Waals surface area contributed by atoms with Gasteiger partial charge in [-0.25, -0.2) is 5.43 Å². The van der Waals surface area contributed by atoms with Gasteiger partial charge >= 0.3 is 0 Å². The zero-order valence-corrected chi connectivity index (χ0v) is 12.6. The third-order valence-corrected chi connectivity index (χ3v) is 3.54. The maximum atomic E-state index is 5.86. The highest BCUT2D eigenvalue weighted by Gasteiger charge is 2.34. The van der Waals surface area contributed by atoms with Crippen LogP contribution in [0.25, 0.3) is 0 Å². The summed E-state index contributed by atoms with van der Waals surface area (Å²) < 4.78 is 11.5. The molecule has 2 atom stereocenters. The van der Waals surface area contributed by atoms with Gasteiger partial charge in [0, 0.05) is 12.7 Å². The van der Waals surface area contributed by atoms with Crippen LogP contribution in [0.5, 0.6) is 5.75 Å². The molecule has 0 radical (unpaired) electrons. The number of methoxy groups -OCH3 is 1. The number of hydrogen-bond acceptors (Lipinski definition) is 4.